The van der Waals surface area contributed by atoms with E-state index >= 15 is 0 Å². The molecule has 0 unspecified atom stereocenters. The number of aryl methyl sites for hydroxylation is 2. The molecule has 0 amide bonds. The summed E-state index contributed by atoms with van der Waals surface area (Å²) in [5, 5.41) is 0.711. The number of hydrogen-bond acceptors (Lipinski definition) is 4. The Balaban J connectivity index is 1.80. The lowest BCUT2D eigenvalue weighted by atomic mass is 10.0. The maximum atomic E-state index is 13.6. The summed E-state index contributed by atoms with van der Waals surface area (Å²) in [5.74, 6) is 0. The average molecular weight is 495 g/mol. The van der Waals surface area contributed by atoms with Gasteiger partial charge in [0.1, 0.15) is 0 Å². The molecule has 3 aromatic rings. The number of hydrogen-bond donors (Lipinski definition) is 1. The Morgan fingerprint density at radius 3 is 2.56 bits per heavy atom. The molecular formula is C24H25F3N2O4S. The average Bonchev–Trinajstić information content (AvgIpc) is 3.29. The van der Waals surface area contributed by atoms with Crippen LogP contribution in [-0.2, 0) is 27.5 Å². The first-order valence-corrected chi connectivity index (χ1v) is 12.3. The van der Waals surface area contributed by atoms with E-state index in [1.165, 1.54) is 6.07 Å². The first-order chi connectivity index (χ1) is 16.0. The van der Waals surface area contributed by atoms with Crippen molar-refractivity contribution >= 4 is 20.9 Å². The number of halogens is 3. The summed E-state index contributed by atoms with van der Waals surface area (Å²) < 4.78 is 74.4. The minimum Gasteiger partial charge on any atom is -0.377 e. The van der Waals surface area contributed by atoms with E-state index < -0.39 is 38.3 Å². The fraction of sp³-hybridized carbons (Fsp3) is 0.375. The van der Waals surface area contributed by atoms with E-state index in [0.29, 0.717) is 23.9 Å². The monoisotopic (exact) mass is 494 g/mol. The smallest absolute Gasteiger partial charge is 0.377 e. The van der Waals surface area contributed by atoms with Gasteiger partial charge in [-0.3, -0.25) is 4.79 Å². The molecule has 1 aliphatic heterocycles. The fourth-order valence-electron chi connectivity index (χ4n) is 4.21. The molecule has 182 valence electrons. The number of fused-ring (bicyclic) bond motifs is 1. The highest BCUT2D eigenvalue weighted by Gasteiger charge is 2.39. The Labute approximate surface area is 195 Å². The van der Waals surface area contributed by atoms with E-state index in [4.69, 9.17) is 4.74 Å². The van der Waals surface area contributed by atoms with Gasteiger partial charge >= 0.3 is 6.18 Å². The molecule has 2 aromatic carbocycles. The maximum Gasteiger partial charge on any atom is 0.417 e. The Morgan fingerprint density at radius 2 is 1.88 bits per heavy atom. The maximum absolute atomic E-state index is 13.6. The zero-order valence-electron chi connectivity index (χ0n) is 18.8. The van der Waals surface area contributed by atoms with Crippen LogP contribution in [0.2, 0.25) is 0 Å². The van der Waals surface area contributed by atoms with E-state index in [2.05, 4.69) is 4.98 Å². The van der Waals surface area contributed by atoms with E-state index in [1.807, 2.05) is 26.0 Å². The van der Waals surface area contributed by atoms with Gasteiger partial charge in [-0.05, 0) is 61.4 Å². The van der Waals surface area contributed by atoms with Crippen molar-refractivity contribution in [2.45, 2.75) is 50.4 Å². The molecule has 1 atom stereocenters. The third kappa shape index (κ3) is 4.75. The molecule has 1 saturated heterocycles. The summed E-state index contributed by atoms with van der Waals surface area (Å²) in [4.78, 5) is 14.8. The zero-order chi connectivity index (χ0) is 24.7. The second kappa shape index (κ2) is 9.16. The number of ether oxygens (including phenoxy) is 1. The van der Waals surface area contributed by atoms with Crippen molar-refractivity contribution in [2.24, 2.45) is 0 Å². The van der Waals surface area contributed by atoms with Gasteiger partial charge in [0.05, 0.1) is 22.1 Å². The first kappa shape index (κ1) is 24.4. The second-order valence-electron chi connectivity index (χ2n) is 8.52. The zero-order valence-corrected chi connectivity index (χ0v) is 19.6. The Bertz CT molecular complexity index is 1380. The minimum atomic E-state index is -4.85. The summed E-state index contributed by atoms with van der Waals surface area (Å²) in [7, 11) is -4.60. The number of nitrogens with one attached hydrogen (secondary N) is 1. The number of aromatic nitrogens is 1. The van der Waals surface area contributed by atoms with Gasteiger partial charge in [0.2, 0.25) is 10.0 Å². The Kier molecular flexibility index (Phi) is 6.58. The van der Waals surface area contributed by atoms with E-state index in [-0.39, 0.29) is 18.7 Å². The van der Waals surface area contributed by atoms with Crippen LogP contribution < -0.4 is 5.56 Å². The number of rotatable bonds is 6. The molecule has 1 fully saturated rings. The van der Waals surface area contributed by atoms with Crippen LogP contribution in [0.15, 0.2) is 52.2 Å². The van der Waals surface area contributed by atoms with Gasteiger partial charge in [-0.25, -0.2) is 8.42 Å². The quantitative estimate of drug-likeness (QED) is 0.546. The van der Waals surface area contributed by atoms with Crippen molar-refractivity contribution in [3.05, 3.63) is 75.1 Å². The van der Waals surface area contributed by atoms with Crippen LogP contribution in [0.3, 0.4) is 0 Å². The van der Waals surface area contributed by atoms with Crippen molar-refractivity contribution in [1.82, 2.24) is 9.29 Å². The predicted molar refractivity (Wildman–Crippen MR) is 122 cm³/mol. The fourth-order valence-corrected chi connectivity index (χ4v) is 5.87. The summed E-state index contributed by atoms with van der Waals surface area (Å²) >= 11 is 0. The number of alkyl halides is 3. The molecule has 10 heteroatoms. The summed E-state index contributed by atoms with van der Waals surface area (Å²) in [6.45, 7) is 3.70. The van der Waals surface area contributed by atoms with E-state index in [9.17, 15) is 26.4 Å². The van der Waals surface area contributed by atoms with Gasteiger partial charge < -0.3 is 9.72 Å². The van der Waals surface area contributed by atoms with Crippen LogP contribution >= 0.6 is 0 Å². The van der Waals surface area contributed by atoms with Gasteiger partial charge in [-0.2, -0.15) is 17.5 Å². The minimum absolute atomic E-state index is 0.141. The van der Waals surface area contributed by atoms with Gasteiger partial charge in [-0.1, -0.05) is 24.3 Å². The number of sulfonamides is 1. The number of benzene rings is 2. The lowest BCUT2D eigenvalue weighted by Crippen LogP contribution is -2.39. The third-order valence-corrected chi connectivity index (χ3v) is 8.09. The highest BCUT2D eigenvalue weighted by Crippen LogP contribution is 2.36. The topological polar surface area (TPSA) is 79.5 Å². The molecule has 2 heterocycles. The van der Waals surface area contributed by atoms with Crippen LogP contribution in [0.1, 0.15) is 35.1 Å². The van der Waals surface area contributed by atoms with Crippen LogP contribution in [0.4, 0.5) is 13.2 Å². The number of H-pyrrole nitrogens is 1. The van der Waals surface area contributed by atoms with Crippen LogP contribution in [0.25, 0.3) is 10.9 Å². The molecule has 1 aromatic heterocycles. The predicted octanol–water partition coefficient (Wildman–Crippen LogP) is 4.53. The largest absolute Gasteiger partial charge is 0.417 e. The molecule has 34 heavy (non-hydrogen) atoms. The lowest BCUT2D eigenvalue weighted by molar-refractivity contribution is -0.139. The Morgan fingerprint density at radius 1 is 1.15 bits per heavy atom. The summed E-state index contributed by atoms with van der Waals surface area (Å²) in [6, 6.07) is 9.37. The van der Waals surface area contributed by atoms with Gasteiger partial charge in [0, 0.05) is 25.3 Å². The molecule has 1 aliphatic rings. The molecule has 0 spiro atoms. The highest BCUT2D eigenvalue weighted by molar-refractivity contribution is 7.89. The van der Waals surface area contributed by atoms with Crippen molar-refractivity contribution in [2.75, 3.05) is 13.2 Å². The molecule has 6 nitrogen and oxygen atoms in total. The van der Waals surface area contributed by atoms with Crippen molar-refractivity contribution in [3.8, 4) is 0 Å². The number of aromatic amines is 1. The molecular weight excluding hydrogens is 469 g/mol. The van der Waals surface area contributed by atoms with Crippen molar-refractivity contribution in [1.29, 1.82) is 0 Å². The first-order valence-electron chi connectivity index (χ1n) is 10.9. The second-order valence-corrected chi connectivity index (χ2v) is 10.4. The standard InChI is InChI=1S/C24H25F3N2O4S/c1-15-9-10-17-12-18(23(30)28-22(17)16(15)2)13-29(14-19-6-5-11-33-19)34(31,32)21-8-4-3-7-20(21)24(25,26)27/h3-4,7-10,12,19H,5-6,11,13-14H2,1-2H3,(H,28,30)/t19-/m1/s1. The van der Waals surface area contributed by atoms with Gasteiger partial charge in [0.15, 0.2) is 0 Å². The lowest BCUT2D eigenvalue weighted by Gasteiger charge is -2.26. The molecule has 0 saturated carbocycles. The normalized spacial score (nSPS) is 17.1. The molecule has 1 N–H and O–H groups in total. The van der Waals surface area contributed by atoms with E-state index in [1.54, 1.807) is 6.07 Å². The van der Waals surface area contributed by atoms with Gasteiger partial charge in [0.25, 0.3) is 5.56 Å². The van der Waals surface area contributed by atoms with Crippen molar-refractivity contribution < 1.29 is 26.3 Å². The molecule has 4 rings (SSSR count). The van der Waals surface area contributed by atoms with Crippen LogP contribution in [0, 0.1) is 13.8 Å². The summed E-state index contributed by atoms with van der Waals surface area (Å²) in [6.07, 6.45) is -4.00. The van der Waals surface area contributed by atoms with Crippen LogP contribution in [0.5, 0.6) is 0 Å². The molecule has 0 radical (unpaired) electrons. The molecule has 0 aliphatic carbocycles. The Hall–Kier alpha value is -2.69. The number of nitrogens with zero attached hydrogens (tertiary/aromatic N) is 1. The SMILES string of the molecule is Cc1ccc2cc(CN(C[C@H]3CCCO3)S(=O)(=O)c3ccccc3C(F)(F)F)c(=O)[nH]c2c1C. The van der Waals surface area contributed by atoms with Crippen molar-refractivity contribution in [3.63, 3.8) is 0 Å². The van der Waals surface area contributed by atoms with Crippen LogP contribution in [-0.4, -0.2) is 37.0 Å². The molecule has 0 bridgehead atoms. The van der Waals surface area contributed by atoms with Gasteiger partial charge in [-0.15, -0.1) is 0 Å². The third-order valence-electron chi connectivity index (χ3n) is 6.22. The highest BCUT2D eigenvalue weighted by atomic mass is 32.2. The van der Waals surface area contributed by atoms with E-state index in [0.717, 1.165) is 40.1 Å². The summed E-state index contributed by atoms with van der Waals surface area (Å²) in [5.41, 5.74) is 0.932. The number of pyridine rings is 1.